The number of amidine groups is 2. The molecule has 6 heteroatoms. The van der Waals surface area contributed by atoms with Gasteiger partial charge in [0.15, 0.2) is 5.84 Å². The maximum atomic E-state index is 6.66. The molecule has 0 saturated heterocycles. The van der Waals surface area contributed by atoms with Crippen molar-refractivity contribution in [3.05, 3.63) is 198 Å². The van der Waals surface area contributed by atoms with E-state index in [0.717, 1.165) is 83.1 Å². The lowest BCUT2D eigenvalue weighted by molar-refractivity contribution is 0.383. The number of benzene rings is 7. The molecule has 0 radical (unpaired) electrons. The number of nitrogens with zero attached hydrogens (tertiary/aromatic N) is 3. The van der Waals surface area contributed by atoms with E-state index in [-0.39, 0.29) is 6.17 Å². The third kappa shape index (κ3) is 5.91. The van der Waals surface area contributed by atoms with E-state index in [1.165, 1.54) is 26.1 Å². The lowest BCUT2D eigenvalue weighted by Gasteiger charge is -2.32. The Morgan fingerprint density at radius 1 is 0.610 bits per heavy atom. The number of rotatable bonds is 7. The molecule has 7 aromatic carbocycles. The van der Waals surface area contributed by atoms with Crippen LogP contribution in [0.25, 0.3) is 82.3 Å². The Balaban J connectivity index is 1.03. The van der Waals surface area contributed by atoms with Crippen molar-refractivity contribution in [2.45, 2.75) is 13.1 Å². The lowest BCUT2D eigenvalue weighted by Crippen LogP contribution is -2.35. The van der Waals surface area contributed by atoms with Crippen molar-refractivity contribution in [2.24, 2.45) is 9.98 Å². The van der Waals surface area contributed by atoms with Crippen LogP contribution in [-0.4, -0.2) is 23.6 Å². The van der Waals surface area contributed by atoms with Crippen LogP contribution >= 0.6 is 11.3 Å². The van der Waals surface area contributed by atoms with Gasteiger partial charge < -0.3 is 13.7 Å². The first kappa shape index (κ1) is 34.9. The van der Waals surface area contributed by atoms with Gasteiger partial charge in [0.25, 0.3) is 0 Å². The van der Waals surface area contributed by atoms with Gasteiger partial charge in [-0.15, -0.1) is 11.3 Å². The number of thiophene rings is 1. The summed E-state index contributed by atoms with van der Waals surface area (Å²) >= 11 is 1.82. The molecular weight excluding hydrogens is 743 g/mol. The normalized spacial score (nSPS) is 14.6. The smallest absolute Gasteiger partial charge is 0.159 e. The maximum absolute atomic E-state index is 6.66. The van der Waals surface area contributed by atoms with E-state index in [2.05, 4.69) is 147 Å². The Morgan fingerprint density at radius 3 is 2.15 bits per heavy atom. The Labute approximate surface area is 345 Å². The van der Waals surface area contributed by atoms with E-state index in [1.54, 1.807) is 0 Å². The van der Waals surface area contributed by atoms with Gasteiger partial charge in [0.2, 0.25) is 0 Å². The molecule has 0 bridgehead atoms. The van der Waals surface area contributed by atoms with Crippen LogP contribution in [0.4, 0.5) is 0 Å². The summed E-state index contributed by atoms with van der Waals surface area (Å²) in [7, 11) is 2.09. The van der Waals surface area contributed by atoms with Gasteiger partial charge >= 0.3 is 0 Å². The molecule has 59 heavy (non-hydrogen) atoms. The van der Waals surface area contributed by atoms with Crippen molar-refractivity contribution in [1.29, 1.82) is 0 Å². The minimum atomic E-state index is -0.331. The molecule has 1 unspecified atom stereocenters. The van der Waals surface area contributed by atoms with Gasteiger partial charge in [-0.05, 0) is 94.2 Å². The zero-order valence-corrected chi connectivity index (χ0v) is 33.3. The quantitative estimate of drug-likeness (QED) is 0.151. The Bertz CT molecular complexity index is 3380. The largest absolute Gasteiger partial charge is 0.456 e. The van der Waals surface area contributed by atoms with Gasteiger partial charge in [0.1, 0.15) is 34.3 Å². The van der Waals surface area contributed by atoms with Crippen LogP contribution in [0.5, 0.6) is 0 Å². The first-order valence-electron chi connectivity index (χ1n) is 19.8. The Morgan fingerprint density at radius 2 is 1.31 bits per heavy atom. The van der Waals surface area contributed by atoms with E-state index in [4.69, 9.17) is 18.8 Å². The minimum absolute atomic E-state index is 0.331. The van der Waals surface area contributed by atoms with E-state index >= 15 is 0 Å². The number of fused-ring (bicyclic) bond motifs is 7. The second kappa shape index (κ2) is 14.0. The average molecular weight is 780 g/mol. The third-order valence-corrected chi connectivity index (χ3v) is 12.6. The van der Waals surface area contributed by atoms with Crippen LogP contribution in [-0.2, 0) is 0 Å². The monoisotopic (exact) mass is 779 g/mol. The number of hydrogen-bond acceptors (Lipinski definition) is 6. The van der Waals surface area contributed by atoms with Gasteiger partial charge in [0, 0.05) is 49.3 Å². The number of allylic oxidation sites excluding steroid dienone is 2. The fourth-order valence-corrected chi connectivity index (χ4v) is 9.63. The molecule has 1 aliphatic rings. The summed E-state index contributed by atoms with van der Waals surface area (Å²) in [4.78, 5) is 14.2. The predicted octanol–water partition coefficient (Wildman–Crippen LogP) is 14.4. The highest BCUT2D eigenvalue weighted by molar-refractivity contribution is 7.19. The fraction of sp³-hybridized carbons (Fsp3) is 0.0566. The highest BCUT2D eigenvalue weighted by atomic mass is 32.1. The number of aryl methyl sites for hydroxylation is 1. The Hall–Kier alpha value is -7.28. The van der Waals surface area contributed by atoms with Gasteiger partial charge in [-0.2, -0.15) is 0 Å². The van der Waals surface area contributed by atoms with Crippen LogP contribution in [0.2, 0.25) is 0 Å². The molecule has 0 amide bonds. The van der Waals surface area contributed by atoms with Crippen molar-refractivity contribution in [3.8, 4) is 22.3 Å². The average Bonchev–Trinajstić information content (AvgIpc) is 3.95. The molecule has 0 N–H and O–H groups in total. The molecule has 0 aliphatic carbocycles. The molecule has 3 aromatic heterocycles. The second-order valence-corrected chi connectivity index (χ2v) is 16.3. The van der Waals surface area contributed by atoms with Crippen LogP contribution in [0, 0.1) is 6.92 Å². The van der Waals surface area contributed by atoms with E-state index in [1.807, 2.05) is 59.9 Å². The lowest BCUT2D eigenvalue weighted by atomic mass is 9.99. The molecule has 1 aliphatic heterocycles. The molecule has 11 rings (SSSR count). The summed E-state index contributed by atoms with van der Waals surface area (Å²) in [5.41, 5.74) is 12.2. The summed E-state index contributed by atoms with van der Waals surface area (Å²) in [5, 5.41) is 5.43. The van der Waals surface area contributed by atoms with Crippen LogP contribution in [0.1, 0.15) is 33.3 Å². The van der Waals surface area contributed by atoms with Gasteiger partial charge in [-0.3, -0.25) is 0 Å². The maximum Gasteiger partial charge on any atom is 0.159 e. The zero-order valence-electron chi connectivity index (χ0n) is 32.5. The highest BCUT2D eigenvalue weighted by Crippen LogP contribution is 2.40. The fourth-order valence-electron chi connectivity index (χ4n) is 8.54. The molecule has 282 valence electrons. The number of hydrogen-bond donors (Lipinski definition) is 0. The van der Waals surface area contributed by atoms with E-state index in [0.29, 0.717) is 5.84 Å². The predicted molar refractivity (Wildman–Crippen MR) is 248 cm³/mol. The van der Waals surface area contributed by atoms with E-state index in [9.17, 15) is 0 Å². The molecule has 0 fully saturated rings. The standard InChI is InChI=1S/C53H37N3O2S/c1-4-5-14-39-32(2)59-49-31-37(23-26-41(39)49)36-24-27-42-48(30-36)58-47-18-11-16-43(50(42)47)53-55-51(38-25-28-46-44(29-38)40-15-9-10-17-45(40)57-46)54-52(56(53)3)35-21-19-34(20-22-35)33-12-7-6-8-13-33/h4-31,52H,1H2,2-3H3/b14-5-. The zero-order chi connectivity index (χ0) is 39.6. The van der Waals surface area contributed by atoms with Crippen molar-refractivity contribution in [2.75, 3.05) is 7.05 Å². The summed E-state index contributed by atoms with van der Waals surface area (Å²) in [6.07, 6.45) is 5.64. The molecule has 1 atom stereocenters. The first-order valence-corrected chi connectivity index (χ1v) is 20.6. The third-order valence-electron chi connectivity index (χ3n) is 11.5. The molecule has 10 aromatic rings. The van der Waals surface area contributed by atoms with E-state index < -0.39 is 0 Å². The summed E-state index contributed by atoms with van der Waals surface area (Å²) < 4.78 is 14.1. The summed E-state index contributed by atoms with van der Waals surface area (Å²) in [6, 6.07) is 53.1. The molecule has 5 nitrogen and oxygen atoms in total. The number of furan rings is 2. The summed E-state index contributed by atoms with van der Waals surface area (Å²) in [6.45, 7) is 6.03. The SMILES string of the molecule is C=C/C=C\c1c(C)sc2cc(-c3ccc4c(c3)oc3cccc(C5=NC(c6ccc7oc8ccccc8c7c6)=NC(c6ccc(-c7ccccc7)cc6)N5C)c34)ccc12. The number of aliphatic imine (C=N–C) groups is 2. The van der Waals surface area contributed by atoms with Crippen molar-refractivity contribution < 1.29 is 8.83 Å². The van der Waals surface area contributed by atoms with Crippen molar-refractivity contribution >= 4 is 83.0 Å². The van der Waals surface area contributed by atoms with Crippen molar-refractivity contribution in [3.63, 3.8) is 0 Å². The molecule has 0 saturated carbocycles. The second-order valence-electron chi connectivity index (χ2n) is 15.0. The first-order chi connectivity index (χ1) is 29.0. The van der Waals surface area contributed by atoms with Crippen LogP contribution in [0.15, 0.2) is 189 Å². The van der Waals surface area contributed by atoms with Gasteiger partial charge in [-0.25, -0.2) is 9.98 Å². The minimum Gasteiger partial charge on any atom is -0.456 e. The van der Waals surface area contributed by atoms with Gasteiger partial charge in [0.05, 0.1) is 0 Å². The summed E-state index contributed by atoms with van der Waals surface area (Å²) in [5.74, 6) is 1.48. The topological polar surface area (TPSA) is 54.2 Å². The number of para-hydroxylation sites is 1. The Kier molecular flexibility index (Phi) is 8.27. The molecule has 0 spiro atoms. The van der Waals surface area contributed by atoms with Crippen molar-refractivity contribution in [1.82, 2.24) is 4.90 Å². The van der Waals surface area contributed by atoms with Gasteiger partial charge in [-0.1, -0.05) is 128 Å². The highest BCUT2D eigenvalue weighted by Gasteiger charge is 2.29. The molecular formula is C53H37N3O2S. The molecule has 4 heterocycles. The van der Waals surface area contributed by atoms with Crippen LogP contribution in [0.3, 0.4) is 0 Å². The van der Waals surface area contributed by atoms with Crippen LogP contribution < -0.4 is 0 Å².